The Kier molecular flexibility index (Phi) is 3.09. The van der Waals surface area contributed by atoms with Crippen LogP contribution in [0.4, 0.5) is 0 Å². The van der Waals surface area contributed by atoms with Crippen molar-refractivity contribution >= 4 is 5.91 Å². The predicted molar refractivity (Wildman–Crippen MR) is 48.3 cm³/mol. The number of carbonyl (C=O) groups is 1. The summed E-state index contributed by atoms with van der Waals surface area (Å²) in [4.78, 5) is 15.4. The fourth-order valence-electron chi connectivity index (χ4n) is 1.33. The first kappa shape index (κ1) is 9.52. The molecule has 69 valence electrons. The van der Waals surface area contributed by atoms with Crippen LogP contribution in [0.1, 0.15) is 13.8 Å². The number of hydrogen-bond donors (Lipinski definition) is 0. The molecule has 1 heterocycles. The quantitative estimate of drug-likeness (QED) is 0.573. The molecule has 0 aromatic carbocycles. The number of amides is 1. The normalized spacial score (nSPS) is 20.2. The molecule has 0 unspecified atom stereocenters. The molecule has 0 spiro atoms. The van der Waals surface area contributed by atoms with Crippen LogP contribution in [-0.2, 0) is 4.79 Å². The van der Waals surface area contributed by atoms with Gasteiger partial charge in [-0.1, -0.05) is 13.8 Å². The van der Waals surface area contributed by atoms with E-state index in [1.54, 1.807) is 0 Å². The average molecular weight is 169 g/mol. The van der Waals surface area contributed by atoms with E-state index in [1.165, 1.54) is 0 Å². The molecule has 0 bridgehead atoms. The van der Waals surface area contributed by atoms with Crippen LogP contribution in [0, 0.1) is 13.0 Å². The van der Waals surface area contributed by atoms with Crippen molar-refractivity contribution in [3.8, 4) is 0 Å². The summed E-state index contributed by atoms with van der Waals surface area (Å²) in [6.07, 6.45) is 0. The summed E-state index contributed by atoms with van der Waals surface area (Å²) in [5, 5.41) is 0. The van der Waals surface area contributed by atoms with Gasteiger partial charge in [0.1, 0.15) is 0 Å². The Bertz CT molecular complexity index is 160. The topological polar surface area (TPSA) is 23.6 Å². The van der Waals surface area contributed by atoms with Crippen LogP contribution in [0.3, 0.4) is 0 Å². The molecule has 1 saturated heterocycles. The first-order chi connectivity index (χ1) is 5.61. The molecule has 0 N–H and O–H groups in total. The van der Waals surface area contributed by atoms with Gasteiger partial charge in [0.15, 0.2) is 0 Å². The smallest absolute Gasteiger partial charge is 0.225 e. The molecule has 0 atom stereocenters. The van der Waals surface area contributed by atoms with Gasteiger partial charge in [-0.3, -0.25) is 9.69 Å². The lowest BCUT2D eigenvalue weighted by molar-refractivity contribution is -0.135. The van der Waals surface area contributed by atoms with Gasteiger partial charge in [0.25, 0.3) is 0 Å². The highest BCUT2D eigenvalue weighted by molar-refractivity contribution is 5.78. The Balaban J connectivity index is 2.39. The second-order valence-electron chi connectivity index (χ2n) is 3.60. The van der Waals surface area contributed by atoms with Crippen LogP contribution in [0.25, 0.3) is 0 Å². The van der Waals surface area contributed by atoms with E-state index < -0.39 is 0 Å². The standard InChI is InChI=1S/C9H17N2O/c1-8(2)9(12)11-6-4-10(3)5-7-11/h8H,3-7H2,1-2H3. The molecular weight excluding hydrogens is 152 g/mol. The van der Waals surface area contributed by atoms with Crippen LogP contribution in [0.5, 0.6) is 0 Å². The summed E-state index contributed by atoms with van der Waals surface area (Å²) < 4.78 is 0. The van der Waals surface area contributed by atoms with Crippen molar-refractivity contribution in [3.63, 3.8) is 0 Å². The van der Waals surface area contributed by atoms with Crippen LogP contribution in [0.15, 0.2) is 0 Å². The Morgan fingerprint density at radius 1 is 1.25 bits per heavy atom. The van der Waals surface area contributed by atoms with E-state index in [-0.39, 0.29) is 11.8 Å². The summed E-state index contributed by atoms with van der Waals surface area (Å²) in [5.74, 6) is 0.393. The van der Waals surface area contributed by atoms with E-state index in [9.17, 15) is 4.79 Å². The van der Waals surface area contributed by atoms with Gasteiger partial charge in [0, 0.05) is 39.1 Å². The van der Waals surface area contributed by atoms with Crippen LogP contribution in [0.2, 0.25) is 0 Å². The van der Waals surface area contributed by atoms with Crippen LogP contribution < -0.4 is 0 Å². The first-order valence-corrected chi connectivity index (χ1v) is 4.45. The molecule has 3 heteroatoms. The third kappa shape index (κ3) is 2.21. The fourth-order valence-corrected chi connectivity index (χ4v) is 1.33. The minimum absolute atomic E-state index is 0.126. The van der Waals surface area contributed by atoms with Gasteiger partial charge in [-0.05, 0) is 0 Å². The third-order valence-electron chi connectivity index (χ3n) is 2.18. The van der Waals surface area contributed by atoms with Gasteiger partial charge >= 0.3 is 0 Å². The molecule has 1 fully saturated rings. The molecule has 1 rings (SSSR count). The minimum atomic E-state index is 0.126. The van der Waals surface area contributed by atoms with E-state index in [4.69, 9.17) is 0 Å². The monoisotopic (exact) mass is 169 g/mol. The van der Waals surface area contributed by atoms with Crippen LogP contribution in [-0.4, -0.2) is 41.9 Å². The maximum absolute atomic E-state index is 11.5. The molecule has 1 amide bonds. The van der Waals surface area contributed by atoms with Crippen molar-refractivity contribution in [2.75, 3.05) is 26.2 Å². The van der Waals surface area contributed by atoms with Gasteiger partial charge < -0.3 is 4.90 Å². The molecule has 12 heavy (non-hydrogen) atoms. The Morgan fingerprint density at radius 3 is 2.17 bits per heavy atom. The molecule has 3 nitrogen and oxygen atoms in total. The largest absolute Gasteiger partial charge is 0.340 e. The Morgan fingerprint density at radius 2 is 1.75 bits per heavy atom. The molecule has 0 aromatic rings. The highest BCUT2D eigenvalue weighted by Crippen LogP contribution is 2.05. The van der Waals surface area contributed by atoms with E-state index in [0.717, 1.165) is 26.2 Å². The third-order valence-corrected chi connectivity index (χ3v) is 2.18. The summed E-state index contributed by atoms with van der Waals surface area (Å²) in [6.45, 7) is 7.36. The van der Waals surface area contributed by atoms with Crippen molar-refractivity contribution in [3.05, 3.63) is 7.05 Å². The summed E-state index contributed by atoms with van der Waals surface area (Å²) in [5.41, 5.74) is 0. The molecule has 1 radical (unpaired) electrons. The van der Waals surface area contributed by atoms with Crippen molar-refractivity contribution in [1.82, 2.24) is 9.80 Å². The van der Waals surface area contributed by atoms with Gasteiger partial charge in [-0.2, -0.15) is 0 Å². The average Bonchev–Trinajstić information content (AvgIpc) is 2.04. The summed E-state index contributed by atoms with van der Waals surface area (Å²) in [6, 6.07) is 0. The van der Waals surface area contributed by atoms with E-state index in [1.807, 2.05) is 23.6 Å². The Hall–Kier alpha value is -0.570. The molecule has 1 aliphatic rings. The van der Waals surface area contributed by atoms with Crippen molar-refractivity contribution < 1.29 is 4.79 Å². The Labute approximate surface area is 74.3 Å². The van der Waals surface area contributed by atoms with E-state index in [0.29, 0.717) is 0 Å². The van der Waals surface area contributed by atoms with Crippen LogP contribution >= 0.6 is 0 Å². The highest BCUT2D eigenvalue weighted by atomic mass is 16.2. The second kappa shape index (κ2) is 3.90. The predicted octanol–water partition coefficient (Wildman–Crippen LogP) is 0.578. The van der Waals surface area contributed by atoms with Gasteiger partial charge in [-0.25, -0.2) is 0 Å². The fraction of sp³-hybridized carbons (Fsp3) is 0.778. The minimum Gasteiger partial charge on any atom is -0.340 e. The van der Waals surface area contributed by atoms with Gasteiger partial charge in [0.05, 0.1) is 0 Å². The first-order valence-electron chi connectivity index (χ1n) is 4.45. The lowest BCUT2D eigenvalue weighted by Crippen LogP contribution is -2.47. The lowest BCUT2D eigenvalue weighted by Gasteiger charge is -2.33. The number of nitrogens with zero attached hydrogens (tertiary/aromatic N) is 2. The molecule has 1 aliphatic heterocycles. The van der Waals surface area contributed by atoms with E-state index >= 15 is 0 Å². The molecule has 0 saturated carbocycles. The molecular formula is C9H17N2O. The summed E-state index contributed by atoms with van der Waals surface area (Å²) >= 11 is 0. The molecule has 0 aromatic heterocycles. The van der Waals surface area contributed by atoms with E-state index in [2.05, 4.69) is 7.05 Å². The zero-order valence-electron chi connectivity index (χ0n) is 7.92. The van der Waals surface area contributed by atoms with Crippen molar-refractivity contribution in [2.45, 2.75) is 13.8 Å². The number of rotatable bonds is 1. The van der Waals surface area contributed by atoms with Gasteiger partial charge in [-0.15, -0.1) is 0 Å². The maximum atomic E-state index is 11.5. The highest BCUT2D eigenvalue weighted by Gasteiger charge is 2.20. The maximum Gasteiger partial charge on any atom is 0.225 e. The van der Waals surface area contributed by atoms with Crippen molar-refractivity contribution in [1.29, 1.82) is 0 Å². The number of carbonyl (C=O) groups excluding carboxylic acids is 1. The zero-order valence-corrected chi connectivity index (χ0v) is 7.92. The lowest BCUT2D eigenvalue weighted by atomic mass is 10.2. The number of hydrogen-bond acceptors (Lipinski definition) is 2. The van der Waals surface area contributed by atoms with Crippen molar-refractivity contribution in [2.24, 2.45) is 5.92 Å². The SMILES string of the molecule is [CH2]N1CCN(C(=O)C(C)C)CC1. The van der Waals surface area contributed by atoms with Gasteiger partial charge in [0.2, 0.25) is 5.91 Å². The second-order valence-corrected chi connectivity index (χ2v) is 3.60. The molecule has 0 aliphatic carbocycles. The zero-order chi connectivity index (χ0) is 9.14. The number of piperazine rings is 1. The summed E-state index contributed by atoms with van der Waals surface area (Å²) in [7, 11) is 3.83.